The Balaban J connectivity index is 1.44. The van der Waals surface area contributed by atoms with Crippen LogP contribution in [0.2, 0.25) is 0 Å². The topological polar surface area (TPSA) is 125 Å². The van der Waals surface area contributed by atoms with Gasteiger partial charge in [0.05, 0.1) is 6.04 Å². The van der Waals surface area contributed by atoms with E-state index in [9.17, 15) is 9.59 Å². The summed E-state index contributed by atoms with van der Waals surface area (Å²) in [5.74, 6) is -0.300. The molecule has 7 nitrogen and oxygen atoms in total. The highest BCUT2D eigenvalue weighted by Gasteiger charge is 2.41. The number of aryl methyl sites for hydroxylation is 1. The molecule has 1 fully saturated rings. The Morgan fingerprint density at radius 3 is 2.22 bits per heavy atom. The Morgan fingerprint density at radius 1 is 0.944 bits per heavy atom. The second-order valence-corrected chi connectivity index (χ2v) is 9.31. The van der Waals surface area contributed by atoms with E-state index in [-0.39, 0.29) is 23.6 Å². The van der Waals surface area contributed by atoms with Crippen molar-refractivity contribution in [1.82, 2.24) is 10.2 Å². The van der Waals surface area contributed by atoms with E-state index in [1.165, 1.54) is 0 Å². The predicted molar refractivity (Wildman–Crippen MR) is 141 cm³/mol. The minimum Gasteiger partial charge on any atom is -0.384 e. The van der Waals surface area contributed by atoms with Crippen molar-refractivity contribution < 1.29 is 9.59 Å². The smallest absolute Gasteiger partial charge is 0.243 e. The molecule has 36 heavy (non-hydrogen) atoms. The Hall–Kier alpha value is -3.97. The van der Waals surface area contributed by atoms with Gasteiger partial charge in [0.1, 0.15) is 11.9 Å². The van der Waals surface area contributed by atoms with Crippen LogP contribution in [0.5, 0.6) is 0 Å². The number of likely N-dealkylation sites (tertiary alicyclic amines) is 1. The number of nitrogens with two attached hydrogens (primary N) is 2. The van der Waals surface area contributed by atoms with E-state index in [1.807, 2.05) is 72.8 Å². The fourth-order valence-electron chi connectivity index (χ4n) is 4.71. The van der Waals surface area contributed by atoms with Gasteiger partial charge in [0, 0.05) is 24.6 Å². The van der Waals surface area contributed by atoms with E-state index in [0.29, 0.717) is 37.9 Å². The first-order chi connectivity index (χ1) is 17.4. The number of nitrogen functional groups attached to an aromatic ring is 1. The maximum absolute atomic E-state index is 13.4. The molecule has 1 aliphatic rings. The zero-order valence-corrected chi connectivity index (χ0v) is 20.3. The third-order valence-corrected chi connectivity index (χ3v) is 6.79. The number of nitrogens with zero attached hydrogens (tertiary/aromatic N) is 1. The average Bonchev–Trinajstić information content (AvgIpc) is 3.37. The molecule has 1 unspecified atom stereocenters. The molecular weight excluding hydrogens is 450 g/mol. The zero-order valence-electron chi connectivity index (χ0n) is 20.3. The van der Waals surface area contributed by atoms with Crippen LogP contribution in [-0.2, 0) is 22.6 Å². The highest BCUT2D eigenvalue weighted by molar-refractivity contribution is 5.95. The first kappa shape index (κ1) is 25.1. The normalized spacial score (nSPS) is 18.0. The second kappa shape index (κ2) is 11.6. The van der Waals surface area contributed by atoms with Crippen LogP contribution in [0.15, 0.2) is 84.9 Å². The summed E-state index contributed by atoms with van der Waals surface area (Å²) in [5.41, 5.74) is 15.6. The Morgan fingerprint density at radius 2 is 1.58 bits per heavy atom. The first-order valence-corrected chi connectivity index (χ1v) is 12.3. The van der Waals surface area contributed by atoms with Crippen molar-refractivity contribution in [3.63, 3.8) is 0 Å². The lowest BCUT2D eigenvalue weighted by Gasteiger charge is -2.27. The van der Waals surface area contributed by atoms with Crippen molar-refractivity contribution in [3.05, 3.63) is 107 Å². The SMILES string of the molecule is N=C(N)c1ccc(CNC(=O)[C@@H]2C[C@@H](c3ccccc3)CN2C(=O)C(N)CCc2ccccc2)cc1. The van der Waals surface area contributed by atoms with E-state index in [0.717, 1.165) is 16.7 Å². The van der Waals surface area contributed by atoms with Crippen molar-refractivity contribution in [2.75, 3.05) is 6.54 Å². The maximum Gasteiger partial charge on any atom is 0.243 e. The number of amidine groups is 1. The number of hydrogen-bond donors (Lipinski definition) is 4. The molecule has 3 aromatic carbocycles. The molecule has 4 rings (SSSR count). The van der Waals surface area contributed by atoms with Gasteiger partial charge < -0.3 is 21.7 Å². The van der Waals surface area contributed by atoms with Crippen LogP contribution in [0.1, 0.15) is 41.0 Å². The van der Waals surface area contributed by atoms with Gasteiger partial charge in [-0.05, 0) is 36.0 Å². The zero-order chi connectivity index (χ0) is 25.5. The van der Waals surface area contributed by atoms with Gasteiger partial charge in [0.15, 0.2) is 0 Å². The first-order valence-electron chi connectivity index (χ1n) is 12.3. The van der Waals surface area contributed by atoms with Crippen LogP contribution >= 0.6 is 0 Å². The van der Waals surface area contributed by atoms with Crippen molar-refractivity contribution >= 4 is 17.6 Å². The molecule has 1 heterocycles. The van der Waals surface area contributed by atoms with Crippen LogP contribution in [0.3, 0.4) is 0 Å². The van der Waals surface area contributed by atoms with Crippen molar-refractivity contribution in [1.29, 1.82) is 5.41 Å². The number of carbonyl (C=O) groups excluding carboxylic acids is 2. The summed E-state index contributed by atoms with van der Waals surface area (Å²) < 4.78 is 0. The number of nitrogens with one attached hydrogen (secondary N) is 2. The van der Waals surface area contributed by atoms with Gasteiger partial charge in [-0.25, -0.2) is 0 Å². The van der Waals surface area contributed by atoms with Gasteiger partial charge in [-0.15, -0.1) is 0 Å². The highest BCUT2D eigenvalue weighted by atomic mass is 16.2. The van der Waals surface area contributed by atoms with Gasteiger partial charge in [-0.3, -0.25) is 15.0 Å². The fraction of sp³-hybridized carbons (Fsp3) is 0.276. The third-order valence-electron chi connectivity index (χ3n) is 6.79. The molecule has 1 aliphatic heterocycles. The molecular formula is C29H33N5O2. The van der Waals surface area contributed by atoms with Crippen LogP contribution in [0.4, 0.5) is 0 Å². The fourth-order valence-corrected chi connectivity index (χ4v) is 4.71. The molecule has 6 N–H and O–H groups in total. The number of hydrogen-bond acceptors (Lipinski definition) is 4. The molecule has 0 aliphatic carbocycles. The molecule has 1 saturated heterocycles. The summed E-state index contributed by atoms with van der Waals surface area (Å²) in [4.78, 5) is 28.4. The molecule has 7 heteroatoms. The van der Waals surface area contributed by atoms with Gasteiger partial charge in [-0.2, -0.15) is 0 Å². The predicted octanol–water partition coefficient (Wildman–Crippen LogP) is 2.93. The molecule has 186 valence electrons. The van der Waals surface area contributed by atoms with Gasteiger partial charge in [0.25, 0.3) is 0 Å². The quantitative estimate of drug-likeness (QED) is 0.276. The lowest BCUT2D eigenvalue weighted by Crippen LogP contribution is -2.51. The van der Waals surface area contributed by atoms with E-state index < -0.39 is 12.1 Å². The van der Waals surface area contributed by atoms with Crippen LogP contribution in [-0.4, -0.2) is 41.2 Å². The summed E-state index contributed by atoms with van der Waals surface area (Å²) >= 11 is 0. The number of carbonyl (C=O) groups is 2. The lowest BCUT2D eigenvalue weighted by atomic mass is 9.96. The molecule has 3 aromatic rings. The van der Waals surface area contributed by atoms with E-state index in [2.05, 4.69) is 5.32 Å². The van der Waals surface area contributed by atoms with Crippen LogP contribution in [0, 0.1) is 5.41 Å². The summed E-state index contributed by atoms with van der Waals surface area (Å²) in [6.07, 6.45) is 1.78. The highest BCUT2D eigenvalue weighted by Crippen LogP contribution is 2.32. The molecule has 0 radical (unpaired) electrons. The minimum absolute atomic E-state index is 0.00116. The standard InChI is InChI=1S/C29H33N5O2/c30-25(16-13-20-7-3-1-4-8-20)29(36)34-19-24(22-9-5-2-6-10-22)17-26(34)28(35)33-18-21-11-14-23(15-12-21)27(31)32/h1-12,14-15,24-26H,13,16-19,30H2,(H3,31,32)(H,33,35)/t24-,25?,26+/m1/s1. The summed E-state index contributed by atoms with van der Waals surface area (Å²) in [6.45, 7) is 0.791. The van der Waals surface area contributed by atoms with Crippen LogP contribution < -0.4 is 16.8 Å². The summed E-state index contributed by atoms with van der Waals surface area (Å²) in [5, 5.41) is 10.5. The minimum atomic E-state index is -0.672. The number of amides is 2. The molecule has 0 saturated carbocycles. The molecule has 3 atom stereocenters. The molecule has 0 bridgehead atoms. The van der Waals surface area contributed by atoms with Crippen molar-refractivity contribution in [3.8, 4) is 0 Å². The second-order valence-electron chi connectivity index (χ2n) is 9.31. The van der Waals surface area contributed by atoms with E-state index in [1.54, 1.807) is 17.0 Å². The van der Waals surface area contributed by atoms with Crippen LogP contribution in [0.25, 0.3) is 0 Å². The van der Waals surface area contributed by atoms with Gasteiger partial charge in [-0.1, -0.05) is 84.9 Å². The number of rotatable bonds is 9. The maximum atomic E-state index is 13.4. The lowest BCUT2D eigenvalue weighted by molar-refractivity contribution is -0.139. The monoisotopic (exact) mass is 483 g/mol. The van der Waals surface area contributed by atoms with E-state index >= 15 is 0 Å². The third kappa shape index (κ3) is 6.17. The summed E-state index contributed by atoms with van der Waals surface area (Å²) in [6, 6.07) is 25.9. The van der Waals surface area contributed by atoms with Crippen molar-refractivity contribution in [2.45, 2.75) is 43.8 Å². The summed E-state index contributed by atoms with van der Waals surface area (Å²) in [7, 11) is 0. The Labute approximate surface area is 212 Å². The Kier molecular flexibility index (Phi) is 8.13. The Bertz CT molecular complexity index is 1180. The molecule has 2 amide bonds. The van der Waals surface area contributed by atoms with Gasteiger partial charge >= 0.3 is 0 Å². The molecule has 0 aromatic heterocycles. The average molecular weight is 484 g/mol. The van der Waals surface area contributed by atoms with Crippen molar-refractivity contribution in [2.24, 2.45) is 11.5 Å². The number of benzene rings is 3. The molecule has 0 spiro atoms. The van der Waals surface area contributed by atoms with Gasteiger partial charge in [0.2, 0.25) is 11.8 Å². The van der Waals surface area contributed by atoms with E-state index in [4.69, 9.17) is 16.9 Å². The largest absolute Gasteiger partial charge is 0.384 e.